The van der Waals surface area contributed by atoms with Crippen LogP contribution < -0.4 is 16.2 Å². The predicted octanol–water partition coefficient (Wildman–Crippen LogP) is 2.18. The molecule has 3 rings (SSSR count). The van der Waals surface area contributed by atoms with E-state index in [1.54, 1.807) is 0 Å². The molecule has 19 heavy (non-hydrogen) atoms. The number of hydrazine groups is 1. The number of nitrogen functional groups attached to an aromatic ring is 1. The SMILES string of the molecule is Cc1c(NN)nc(C2CC2)nc1N(C)C(C)C1CC1. The summed E-state index contributed by atoms with van der Waals surface area (Å²) in [5.41, 5.74) is 3.76. The summed E-state index contributed by atoms with van der Waals surface area (Å²) in [5.74, 6) is 9.70. The summed E-state index contributed by atoms with van der Waals surface area (Å²) in [5, 5.41) is 0. The van der Waals surface area contributed by atoms with Crippen LogP contribution >= 0.6 is 0 Å². The summed E-state index contributed by atoms with van der Waals surface area (Å²) in [6.45, 7) is 4.32. The molecule has 0 aliphatic heterocycles. The molecule has 0 amide bonds. The molecule has 1 aromatic rings. The molecule has 0 radical (unpaired) electrons. The van der Waals surface area contributed by atoms with Gasteiger partial charge in [0.05, 0.1) is 0 Å². The van der Waals surface area contributed by atoms with E-state index in [2.05, 4.69) is 29.3 Å². The maximum Gasteiger partial charge on any atom is 0.148 e. The molecule has 1 unspecified atom stereocenters. The van der Waals surface area contributed by atoms with E-state index in [-0.39, 0.29) is 0 Å². The van der Waals surface area contributed by atoms with Crippen LogP contribution in [0.25, 0.3) is 0 Å². The molecule has 1 aromatic heterocycles. The molecule has 3 N–H and O–H groups in total. The third kappa shape index (κ3) is 2.39. The zero-order chi connectivity index (χ0) is 13.6. The Bertz CT molecular complexity index is 479. The van der Waals surface area contributed by atoms with Gasteiger partial charge in [0.1, 0.15) is 17.5 Å². The van der Waals surface area contributed by atoms with Crippen molar-refractivity contribution in [2.45, 2.75) is 51.5 Å². The second kappa shape index (κ2) is 4.63. The Balaban J connectivity index is 1.95. The number of hydrogen-bond acceptors (Lipinski definition) is 5. The van der Waals surface area contributed by atoms with Gasteiger partial charge in [0.25, 0.3) is 0 Å². The van der Waals surface area contributed by atoms with E-state index in [4.69, 9.17) is 10.8 Å². The van der Waals surface area contributed by atoms with Gasteiger partial charge in [-0.15, -0.1) is 0 Å². The van der Waals surface area contributed by atoms with Crippen molar-refractivity contribution in [3.63, 3.8) is 0 Å². The minimum atomic E-state index is 0.534. The van der Waals surface area contributed by atoms with Crippen LogP contribution in [0.15, 0.2) is 0 Å². The van der Waals surface area contributed by atoms with Crippen LogP contribution in [0.2, 0.25) is 0 Å². The van der Waals surface area contributed by atoms with Crippen molar-refractivity contribution >= 4 is 11.6 Å². The van der Waals surface area contributed by atoms with Crippen LogP contribution in [0.4, 0.5) is 11.6 Å². The molecule has 2 aliphatic carbocycles. The van der Waals surface area contributed by atoms with Crippen molar-refractivity contribution in [2.75, 3.05) is 17.4 Å². The average Bonchev–Trinajstić information content (AvgIpc) is 3.29. The first-order valence-corrected chi connectivity index (χ1v) is 7.19. The fourth-order valence-corrected chi connectivity index (χ4v) is 2.62. The summed E-state index contributed by atoms with van der Waals surface area (Å²) < 4.78 is 0. The average molecular weight is 261 g/mol. The number of nitrogens with one attached hydrogen (secondary N) is 1. The second-order valence-corrected chi connectivity index (χ2v) is 5.99. The van der Waals surface area contributed by atoms with Gasteiger partial charge < -0.3 is 10.3 Å². The number of rotatable bonds is 5. The molecule has 0 spiro atoms. The quantitative estimate of drug-likeness (QED) is 0.628. The zero-order valence-electron chi connectivity index (χ0n) is 12.0. The highest BCUT2D eigenvalue weighted by molar-refractivity contribution is 5.58. The Morgan fingerprint density at radius 1 is 1.26 bits per heavy atom. The number of anilines is 2. The fourth-order valence-electron chi connectivity index (χ4n) is 2.62. The largest absolute Gasteiger partial charge is 0.356 e. The number of nitrogens with two attached hydrogens (primary N) is 1. The highest BCUT2D eigenvalue weighted by Gasteiger charge is 2.33. The van der Waals surface area contributed by atoms with E-state index >= 15 is 0 Å². The zero-order valence-corrected chi connectivity index (χ0v) is 12.0. The Morgan fingerprint density at radius 3 is 2.47 bits per heavy atom. The van der Waals surface area contributed by atoms with Gasteiger partial charge in [0, 0.05) is 24.6 Å². The van der Waals surface area contributed by atoms with Crippen LogP contribution in [0, 0.1) is 12.8 Å². The normalized spacial score (nSPS) is 20.2. The Hall–Kier alpha value is -1.36. The van der Waals surface area contributed by atoms with Crippen LogP contribution in [0.1, 0.15) is 49.9 Å². The minimum Gasteiger partial charge on any atom is -0.356 e. The molecule has 5 heteroatoms. The van der Waals surface area contributed by atoms with Gasteiger partial charge in [-0.2, -0.15) is 0 Å². The first-order valence-electron chi connectivity index (χ1n) is 7.19. The predicted molar refractivity (Wildman–Crippen MR) is 77.1 cm³/mol. The van der Waals surface area contributed by atoms with Crippen LogP contribution in [0.5, 0.6) is 0 Å². The first-order chi connectivity index (χ1) is 9.11. The highest BCUT2D eigenvalue weighted by atomic mass is 15.3. The summed E-state index contributed by atoms with van der Waals surface area (Å²) in [7, 11) is 2.13. The lowest BCUT2D eigenvalue weighted by Gasteiger charge is -2.28. The molecule has 0 bridgehead atoms. The number of nitrogens with zero attached hydrogens (tertiary/aromatic N) is 3. The molecule has 2 aliphatic rings. The second-order valence-electron chi connectivity index (χ2n) is 5.99. The van der Waals surface area contributed by atoms with Crippen molar-refractivity contribution in [3.05, 3.63) is 11.4 Å². The van der Waals surface area contributed by atoms with Gasteiger partial charge in [0.2, 0.25) is 0 Å². The lowest BCUT2D eigenvalue weighted by molar-refractivity contribution is 0.600. The van der Waals surface area contributed by atoms with Crippen LogP contribution in [-0.2, 0) is 0 Å². The molecule has 5 nitrogen and oxygen atoms in total. The molecule has 2 saturated carbocycles. The van der Waals surface area contributed by atoms with Crippen molar-refractivity contribution in [3.8, 4) is 0 Å². The van der Waals surface area contributed by atoms with Gasteiger partial charge in [0.15, 0.2) is 0 Å². The molecular formula is C14H23N5. The standard InChI is InChI=1S/C14H23N5/c1-8-12(18-15)16-13(11-6-7-11)17-14(8)19(3)9(2)10-4-5-10/h9-11H,4-7,15H2,1-3H3,(H,16,17,18). The van der Waals surface area contributed by atoms with Gasteiger partial charge >= 0.3 is 0 Å². The van der Waals surface area contributed by atoms with Gasteiger partial charge in [-0.05, 0) is 45.4 Å². The molecule has 1 atom stereocenters. The van der Waals surface area contributed by atoms with Crippen molar-refractivity contribution in [1.29, 1.82) is 0 Å². The fraction of sp³-hybridized carbons (Fsp3) is 0.714. The summed E-state index contributed by atoms with van der Waals surface area (Å²) in [4.78, 5) is 11.6. The maximum absolute atomic E-state index is 5.60. The highest BCUT2D eigenvalue weighted by Crippen LogP contribution is 2.41. The third-order valence-electron chi connectivity index (χ3n) is 4.47. The van der Waals surface area contributed by atoms with Gasteiger partial charge in [-0.3, -0.25) is 0 Å². The van der Waals surface area contributed by atoms with Crippen molar-refractivity contribution in [2.24, 2.45) is 11.8 Å². The van der Waals surface area contributed by atoms with E-state index in [9.17, 15) is 0 Å². The van der Waals surface area contributed by atoms with Crippen molar-refractivity contribution < 1.29 is 0 Å². The maximum atomic E-state index is 5.60. The lowest BCUT2D eigenvalue weighted by Crippen LogP contribution is -2.32. The van der Waals surface area contributed by atoms with E-state index in [1.807, 2.05) is 6.92 Å². The molecule has 0 saturated heterocycles. The summed E-state index contributed by atoms with van der Waals surface area (Å²) >= 11 is 0. The van der Waals surface area contributed by atoms with E-state index in [0.29, 0.717) is 12.0 Å². The first kappa shape index (κ1) is 12.7. The van der Waals surface area contributed by atoms with E-state index in [1.165, 1.54) is 25.7 Å². The van der Waals surface area contributed by atoms with Crippen LogP contribution in [-0.4, -0.2) is 23.1 Å². The monoisotopic (exact) mass is 261 g/mol. The minimum absolute atomic E-state index is 0.534. The number of hydrogen-bond donors (Lipinski definition) is 2. The topological polar surface area (TPSA) is 67.1 Å². The van der Waals surface area contributed by atoms with E-state index in [0.717, 1.165) is 28.9 Å². The number of aromatic nitrogens is 2. The lowest BCUT2D eigenvalue weighted by atomic mass is 10.1. The Morgan fingerprint density at radius 2 is 1.95 bits per heavy atom. The molecule has 1 heterocycles. The van der Waals surface area contributed by atoms with E-state index < -0.39 is 0 Å². The smallest absolute Gasteiger partial charge is 0.148 e. The van der Waals surface area contributed by atoms with Gasteiger partial charge in [-0.1, -0.05) is 0 Å². The molecule has 2 fully saturated rings. The Labute approximate surface area is 114 Å². The molecular weight excluding hydrogens is 238 g/mol. The molecule has 0 aromatic carbocycles. The Kier molecular flexibility index (Phi) is 3.09. The van der Waals surface area contributed by atoms with Gasteiger partial charge in [-0.25, -0.2) is 15.8 Å². The summed E-state index contributed by atoms with van der Waals surface area (Å²) in [6, 6.07) is 0.534. The molecule has 104 valence electrons. The summed E-state index contributed by atoms with van der Waals surface area (Å²) in [6.07, 6.45) is 5.09. The van der Waals surface area contributed by atoms with Crippen LogP contribution in [0.3, 0.4) is 0 Å². The van der Waals surface area contributed by atoms with Crippen molar-refractivity contribution in [1.82, 2.24) is 9.97 Å². The third-order valence-corrected chi connectivity index (χ3v) is 4.47.